The fourth-order valence-electron chi connectivity index (χ4n) is 0.923. The second kappa shape index (κ2) is 4.61. The van der Waals surface area contributed by atoms with E-state index in [9.17, 15) is 18.0 Å². The Kier molecular flexibility index (Phi) is 3.64. The number of hydrogen-bond acceptors (Lipinski definition) is 2. The molecule has 1 atom stereocenters. The van der Waals surface area contributed by atoms with Gasteiger partial charge >= 0.3 is 12.1 Å². The van der Waals surface area contributed by atoms with Crippen LogP contribution in [0.25, 0.3) is 0 Å². The van der Waals surface area contributed by atoms with Crippen LogP contribution >= 0.6 is 11.6 Å². The molecule has 1 unspecified atom stereocenters. The van der Waals surface area contributed by atoms with Crippen molar-refractivity contribution in [1.82, 2.24) is 0 Å². The Morgan fingerprint density at radius 3 is 2.50 bits per heavy atom. The zero-order valence-electron chi connectivity index (χ0n) is 7.66. The molecule has 0 radical (unpaired) electrons. The van der Waals surface area contributed by atoms with E-state index in [2.05, 4.69) is 16.3 Å². The molecule has 0 heterocycles. The standard InChI is InChI=1S/C9H6ClF3O3/c10-8(11)9(12,13)16-6-4-2-1-3-5(6)7(14)15/h1-4,8H,(H,14,15). The van der Waals surface area contributed by atoms with E-state index in [4.69, 9.17) is 5.11 Å². The number of rotatable bonds is 4. The fourth-order valence-corrected chi connectivity index (χ4v) is 0.968. The quantitative estimate of drug-likeness (QED) is 0.841. The molecule has 1 aromatic rings. The number of halogens is 4. The monoisotopic (exact) mass is 254 g/mol. The molecule has 0 aliphatic heterocycles. The molecule has 16 heavy (non-hydrogen) atoms. The molecule has 0 saturated heterocycles. The highest BCUT2D eigenvalue weighted by atomic mass is 35.5. The maximum atomic E-state index is 12.8. The predicted molar refractivity (Wildman–Crippen MR) is 49.7 cm³/mol. The molecule has 0 fully saturated rings. The minimum absolute atomic E-state index is 0.500. The first kappa shape index (κ1) is 12.6. The van der Waals surface area contributed by atoms with Gasteiger partial charge in [0.05, 0.1) is 0 Å². The Morgan fingerprint density at radius 2 is 2.00 bits per heavy atom. The molecule has 0 aromatic heterocycles. The van der Waals surface area contributed by atoms with E-state index in [0.29, 0.717) is 0 Å². The van der Waals surface area contributed by atoms with Gasteiger partial charge in [0, 0.05) is 0 Å². The lowest BCUT2D eigenvalue weighted by atomic mass is 10.2. The molecule has 7 heteroatoms. The molecule has 88 valence electrons. The van der Waals surface area contributed by atoms with Crippen molar-refractivity contribution < 1.29 is 27.8 Å². The molecule has 1 N–H and O–H groups in total. The number of ether oxygens (including phenoxy) is 1. The summed E-state index contributed by atoms with van der Waals surface area (Å²) < 4.78 is 41.7. The summed E-state index contributed by atoms with van der Waals surface area (Å²) in [7, 11) is 0. The summed E-state index contributed by atoms with van der Waals surface area (Å²) in [6.07, 6.45) is -4.28. The van der Waals surface area contributed by atoms with Gasteiger partial charge in [-0.2, -0.15) is 8.78 Å². The van der Waals surface area contributed by atoms with Crippen LogP contribution in [0.15, 0.2) is 24.3 Å². The van der Waals surface area contributed by atoms with Crippen LogP contribution in [0.5, 0.6) is 5.75 Å². The predicted octanol–water partition coefficient (Wildman–Crippen LogP) is 2.89. The number of hydrogen-bond donors (Lipinski definition) is 1. The lowest BCUT2D eigenvalue weighted by Crippen LogP contribution is -2.33. The van der Waals surface area contributed by atoms with E-state index in [1.807, 2.05) is 0 Å². The summed E-state index contributed by atoms with van der Waals surface area (Å²) in [6.45, 7) is 0. The second-order valence-corrected chi connectivity index (χ2v) is 3.15. The summed E-state index contributed by atoms with van der Waals surface area (Å²) in [4.78, 5) is 10.6. The van der Waals surface area contributed by atoms with Crippen LogP contribution in [-0.2, 0) is 0 Å². The number of carbonyl (C=O) groups is 1. The molecule has 3 nitrogen and oxygen atoms in total. The number of alkyl halides is 4. The number of carboxylic acid groups (broad SMARTS) is 1. The van der Waals surface area contributed by atoms with Gasteiger partial charge in [-0.15, -0.1) is 0 Å². The number of para-hydroxylation sites is 1. The van der Waals surface area contributed by atoms with Crippen LogP contribution in [-0.4, -0.2) is 22.8 Å². The highest BCUT2D eigenvalue weighted by Crippen LogP contribution is 2.30. The molecular formula is C9H6ClF3O3. The zero-order chi connectivity index (χ0) is 12.3. The summed E-state index contributed by atoms with van der Waals surface area (Å²) >= 11 is 4.56. The third-order valence-corrected chi connectivity index (χ3v) is 1.87. The van der Waals surface area contributed by atoms with Gasteiger partial charge in [-0.05, 0) is 12.1 Å². The highest BCUT2D eigenvalue weighted by Gasteiger charge is 2.42. The molecule has 1 aromatic carbocycles. The van der Waals surface area contributed by atoms with Crippen molar-refractivity contribution in [3.8, 4) is 5.75 Å². The lowest BCUT2D eigenvalue weighted by molar-refractivity contribution is -0.199. The SMILES string of the molecule is O=C(O)c1ccccc1OC(F)(F)C(F)Cl. The number of benzene rings is 1. The Balaban J connectivity index is 3.02. The normalized spacial score (nSPS) is 13.2. The van der Waals surface area contributed by atoms with Crippen molar-refractivity contribution in [2.24, 2.45) is 0 Å². The van der Waals surface area contributed by atoms with E-state index in [1.54, 1.807) is 0 Å². The summed E-state index contributed by atoms with van der Waals surface area (Å²) in [5.74, 6) is -2.11. The van der Waals surface area contributed by atoms with E-state index >= 15 is 0 Å². The average molecular weight is 255 g/mol. The maximum absolute atomic E-state index is 12.8. The van der Waals surface area contributed by atoms with Crippen molar-refractivity contribution in [1.29, 1.82) is 0 Å². The summed E-state index contributed by atoms with van der Waals surface area (Å²) in [6, 6.07) is 4.63. The van der Waals surface area contributed by atoms with Gasteiger partial charge in [0.2, 0.25) is 0 Å². The third kappa shape index (κ3) is 2.79. The van der Waals surface area contributed by atoms with Gasteiger partial charge in [0.25, 0.3) is 5.63 Å². The van der Waals surface area contributed by atoms with Crippen LogP contribution < -0.4 is 4.74 Å². The first-order chi connectivity index (χ1) is 7.34. The molecule has 0 bridgehead atoms. The minimum atomic E-state index is -4.28. The molecular weight excluding hydrogens is 249 g/mol. The van der Waals surface area contributed by atoms with Gasteiger partial charge in [0.1, 0.15) is 11.3 Å². The Bertz CT molecular complexity index is 395. The first-order valence-corrected chi connectivity index (χ1v) is 4.45. The van der Waals surface area contributed by atoms with Crippen molar-refractivity contribution in [2.45, 2.75) is 11.7 Å². The molecule has 0 spiro atoms. The molecule has 0 aliphatic carbocycles. The van der Waals surface area contributed by atoms with Crippen molar-refractivity contribution in [2.75, 3.05) is 0 Å². The topological polar surface area (TPSA) is 46.5 Å². The van der Waals surface area contributed by atoms with Crippen molar-refractivity contribution in [3.63, 3.8) is 0 Å². The van der Waals surface area contributed by atoms with E-state index in [-0.39, 0.29) is 0 Å². The van der Waals surface area contributed by atoms with Crippen molar-refractivity contribution >= 4 is 17.6 Å². The van der Waals surface area contributed by atoms with Gasteiger partial charge in [0.15, 0.2) is 0 Å². The van der Waals surface area contributed by atoms with E-state index in [0.717, 1.165) is 12.1 Å². The first-order valence-electron chi connectivity index (χ1n) is 4.02. The third-order valence-electron chi connectivity index (χ3n) is 1.62. The van der Waals surface area contributed by atoms with Gasteiger partial charge in [-0.25, -0.2) is 9.18 Å². The summed E-state index contributed by atoms with van der Waals surface area (Å²) in [5.41, 5.74) is -3.56. The van der Waals surface area contributed by atoms with Crippen LogP contribution in [0.2, 0.25) is 0 Å². The highest BCUT2D eigenvalue weighted by molar-refractivity contribution is 6.20. The van der Waals surface area contributed by atoms with Gasteiger partial charge < -0.3 is 9.84 Å². The number of aromatic carboxylic acids is 1. The Labute approximate surface area is 93.4 Å². The molecule has 0 saturated carbocycles. The van der Waals surface area contributed by atoms with Gasteiger partial charge in [-0.3, -0.25) is 0 Å². The summed E-state index contributed by atoms with van der Waals surface area (Å²) in [5, 5.41) is 8.65. The van der Waals surface area contributed by atoms with Crippen LogP contribution in [0.4, 0.5) is 13.2 Å². The van der Waals surface area contributed by atoms with E-state index in [1.165, 1.54) is 12.1 Å². The average Bonchev–Trinajstić information content (AvgIpc) is 2.17. The maximum Gasteiger partial charge on any atom is 0.444 e. The van der Waals surface area contributed by atoms with E-state index < -0.39 is 29.0 Å². The number of carboxylic acids is 1. The fraction of sp³-hybridized carbons (Fsp3) is 0.222. The lowest BCUT2D eigenvalue weighted by Gasteiger charge is -2.18. The largest absolute Gasteiger partial charge is 0.478 e. The minimum Gasteiger partial charge on any atom is -0.478 e. The Hall–Kier alpha value is -1.43. The second-order valence-electron chi connectivity index (χ2n) is 2.77. The van der Waals surface area contributed by atoms with Crippen LogP contribution in [0.1, 0.15) is 10.4 Å². The smallest absolute Gasteiger partial charge is 0.444 e. The Morgan fingerprint density at radius 1 is 1.44 bits per heavy atom. The van der Waals surface area contributed by atoms with Crippen molar-refractivity contribution in [3.05, 3.63) is 29.8 Å². The van der Waals surface area contributed by atoms with Gasteiger partial charge in [-0.1, -0.05) is 23.7 Å². The molecule has 0 aliphatic rings. The zero-order valence-corrected chi connectivity index (χ0v) is 8.42. The molecule has 0 amide bonds. The molecule has 1 rings (SSSR count). The van der Waals surface area contributed by atoms with Crippen LogP contribution in [0.3, 0.4) is 0 Å². The van der Waals surface area contributed by atoms with Crippen LogP contribution in [0, 0.1) is 0 Å².